The molecule has 4 nitrogen and oxygen atoms in total. The molecule has 3 rings (SSSR count). The number of carbonyl (C=O) groups excluding carboxylic acids is 1. The Morgan fingerprint density at radius 2 is 1.83 bits per heavy atom. The fourth-order valence-corrected chi connectivity index (χ4v) is 3.40. The van der Waals surface area contributed by atoms with Crippen LogP contribution < -0.4 is 10.0 Å². The summed E-state index contributed by atoms with van der Waals surface area (Å²) in [6.45, 7) is 0.733. The first-order valence-electron chi connectivity index (χ1n) is 8.78. The summed E-state index contributed by atoms with van der Waals surface area (Å²) in [5, 5.41) is 13.1. The summed E-state index contributed by atoms with van der Waals surface area (Å²) in [5.41, 5.74) is 2.55. The molecule has 0 spiro atoms. The van der Waals surface area contributed by atoms with E-state index in [4.69, 9.17) is 0 Å². The molecule has 0 unspecified atom stereocenters. The first-order valence-corrected chi connectivity index (χ1v) is 8.78. The number of amides is 1. The van der Waals surface area contributed by atoms with Crippen molar-refractivity contribution in [3.8, 4) is 11.1 Å². The Bertz CT molecular complexity index is 679. The zero-order chi connectivity index (χ0) is 16.8. The van der Waals surface area contributed by atoms with Crippen molar-refractivity contribution < 1.29 is 14.7 Å². The van der Waals surface area contributed by atoms with Crippen molar-refractivity contribution in [2.24, 2.45) is 5.92 Å². The maximum absolute atomic E-state index is 12.1. The van der Waals surface area contributed by atoms with E-state index >= 15 is 0 Å². The molecule has 1 aromatic carbocycles. The van der Waals surface area contributed by atoms with Gasteiger partial charge in [-0.15, -0.1) is 0 Å². The van der Waals surface area contributed by atoms with Crippen molar-refractivity contribution in [3.63, 3.8) is 0 Å². The van der Waals surface area contributed by atoms with Crippen LogP contribution in [-0.2, 0) is 11.2 Å². The van der Waals surface area contributed by atoms with E-state index in [9.17, 15) is 10.0 Å². The van der Waals surface area contributed by atoms with Crippen LogP contribution in [0, 0.1) is 5.92 Å². The van der Waals surface area contributed by atoms with Gasteiger partial charge < -0.3 is 5.32 Å². The van der Waals surface area contributed by atoms with E-state index in [0.29, 0.717) is 5.69 Å². The lowest BCUT2D eigenvalue weighted by atomic mass is 10.0. The molecule has 2 N–H and O–H groups in total. The van der Waals surface area contributed by atoms with Crippen LogP contribution in [0.5, 0.6) is 0 Å². The number of hydrogen-bond donors (Lipinski definition) is 2. The smallest absolute Gasteiger partial charge is 0.243 e. The fraction of sp³-hybridized carbons (Fsp3) is 0.400. The minimum atomic E-state index is -0.0386. The number of pyridine rings is 1. The second-order valence-corrected chi connectivity index (χ2v) is 6.59. The molecule has 0 radical (unpaired) electrons. The Hall–Kier alpha value is -2.36. The van der Waals surface area contributed by atoms with Crippen molar-refractivity contribution in [2.75, 3.05) is 6.54 Å². The summed E-state index contributed by atoms with van der Waals surface area (Å²) < 4.78 is 1.05. The van der Waals surface area contributed by atoms with E-state index < -0.39 is 0 Å². The van der Waals surface area contributed by atoms with E-state index in [2.05, 4.69) is 5.32 Å². The highest BCUT2D eigenvalue weighted by molar-refractivity contribution is 5.77. The largest absolute Gasteiger partial charge is 0.356 e. The molecule has 1 saturated carbocycles. The third-order valence-electron chi connectivity index (χ3n) is 4.81. The lowest BCUT2D eigenvalue weighted by Gasteiger charge is -2.09. The maximum atomic E-state index is 12.1. The quantitative estimate of drug-likeness (QED) is 0.633. The lowest BCUT2D eigenvalue weighted by molar-refractivity contribution is -0.909. The van der Waals surface area contributed by atoms with Crippen LogP contribution in [0.15, 0.2) is 48.7 Å². The highest BCUT2D eigenvalue weighted by Gasteiger charge is 2.18. The standard InChI is InChI=1S/C20H24N2O2/c23-20(21-13-12-16-6-4-5-7-16)14-19-11-10-18(15-22(19)24)17-8-2-1-3-9-17/h1-3,8-11,15-16H,4-7,12-14H2,(H-,21,23,24)/p+1. The molecule has 24 heavy (non-hydrogen) atoms. The highest BCUT2D eigenvalue weighted by atomic mass is 16.5. The van der Waals surface area contributed by atoms with Crippen LogP contribution in [0.4, 0.5) is 0 Å². The first-order chi connectivity index (χ1) is 11.7. The van der Waals surface area contributed by atoms with E-state index in [0.717, 1.165) is 34.7 Å². The summed E-state index contributed by atoms with van der Waals surface area (Å²) in [5.74, 6) is 0.737. The highest BCUT2D eigenvalue weighted by Crippen LogP contribution is 2.26. The molecule has 0 bridgehead atoms. The average molecular weight is 325 g/mol. The fourth-order valence-electron chi connectivity index (χ4n) is 3.40. The molecular formula is C20H25N2O2+. The molecule has 1 amide bonds. The SMILES string of the molecule is O=C(Cc1ccc(-c2ccccc2)c[n+]1O)NCCC1CCCC1. The molecule has 1 aromatic heterocycles. The van der Waals surface area contributed by atoms with Gasteiger partial charge in [-0.1, -0.05) is 56.0 Å². The molecule has 1 aliphatic rings. The molecule has 0 saturated heterocycles. The van der Waals surface area contributed by atoms with Crippen LogP contribution in [-0.4, -0.2) is 17.7 Å². The second kappa shape index (κ2) is 7.95. The van der Waals surface area contributed by atoms with Gasteiger partial charge in [0, 0.05) is 17.3 Å². The van der Waals surface area contributed by atoms with Gasteiger partial charge in [0.25, 0.3) is 0 Å². The second-order valence-electron chi connectivity index (χ2n) is 6.59. The zero-order valence-electron chi connectivity index (χ0n) is 13.9. The van der Waals surface area contributed by atoms with Crippen LogP contribution >= 0.6 is 0 Å². The third-order valence-corrected chi connectivity index (χ3v) is 4.81. The summed E-state index contributed by atoms with van der Waals surface area (Å²) >= 11 is 0. The predicted molar refractivity (Wildman–Crippen MR) is 92.5 cm³/mol. The Morgan fingerprint density at radius 1 is 1.08 bits per heavy atom. The van der Waals surface area contributed by atoms with Gasteiger partial charge >= 0.3 is 0 Å². The van der Waals surface area contributed by atoms with E-state index in [1.54, 1.807) is 12.3 Å². The Balaban J connectivity index is 1.53. The number of hydrogen-bond acceptors (Lipinski definition) is 2. The maximum Gasteiger partial charge on any atom is 0.243 e. The van der Waals surface area contributed by atoms with Gasteiger partial charge in [0.05, 0.1) is 5.56 Å². The van der Waals surface area contributed by atoms with Gasteiger partial charge in [0.15, 0.2) is 0 Å². The van der Waals surface area contributed by atoms with Crippen molar-refractivity contribution in [1.82, 2.24) is 5.32 Å². The van der Waals surface area contributed by atoms with Gasteiger partial charge in [-0.25, -0.2) is 0 Å². The number of aromatic nitrogens is 1. The van der Waals surface area contributed by atoms with Crippen molar-refractivity contribution in [3.05, 3.63) is 54.4 Å². The Morgan fingerprint density at radius 3 is 2.54 bits per heavy atom. The Kier molecular flexibility index (Phi) is 5.47. The van der Waals surface area contributed by atoms with Gasteiger partial charge in [-0.2, -0.15) is 0 Å². The normalized spacial score (nSPS) is 14.7. The summed E-state index contributed by atoms with van der Waals surface area (Å²) in [4.78, 5) is 12.1. The van der Waals surface area contributed by atoms with Gasteiger partial charge in [-0.3, -0.25) is 10.0 Å². The average Bonchev–Trinajstić information content (AvgIpc) is 3.11. The van der Waals surface area contributed by atoms with Crippen LogP contribution in [0.3, 0.4) is 0 Å². The number of carbonyl (C=O) groups is 1. The van der Waals surface area contributed by atoms with Crippen LogP contribution in [0.2, 0.25) is 0 Å². The predicted octanol–water partition coefficient (Wildman–Crippen LogP) is 3.12. The molecule has 0 atom stereocenters. The monoisotopic (exact) mass is 325 g/mol. The number of nitrogens with one attached hydrogen (secondary N) is 1. The van der Waals surface area contributed by atoms with Crippen LogP contribution in [0.1, 0.15) is 37.8 Å². The first kappa shape index (κ1) is 16.5. The minimum absolute atomic E-state index is 0.0386. The Labute approximate surface area is 143 Å². The topological polar surface area (TPSA) is 53.2 Å². The minimum Gasteiger partial charge on any atom is -0.356 e. The molecule has 1 fully saturated rings. The van der Waals surface area contributed by atoms with Gasteiger partial charge in [0.2, 0.25) is 17.8 Å². The number of rotatable bonds is 6. The number of nitrogens with zero attached hydrogens (tertiary/aromatic N) is 1. The molecule has 1 aliphatic carbocycles. The molecule has 4 heteroatoms. The van der Waals surface area contributed by atoms with Crippen molar-refractivity contribution in [2.45, 2.75) is 38.5 Å². The van der Waals surface area contributed by atoms with Gasteiger partial charge in [0.1, 0.15) is 6.42 Å². The molecule has 0 aliphatic heterocycles. The van der Waals surface area contributed by atoms with Crippen molar-refractivity contribution in [1.29, 1.82) is 0 Å². The summed E-state index contributed by atoms with van der Waals surface area (Å²) in [6.07, 6.45) is 8.17. The lowest BCUT2D eigenvalue weighted by Crippen LogP contribution is -2.38. The van der Waals surface area contributed by atoms with Crippen molar-refractivity contribution >= 4 is 5.91 Å². The van der Waals surface area contributed by atoms with Gasteiger partial charge in [-0.05, 0) is 24.0 Å². The van der Waals surface area contributed by atoms with E-state index in [1.807, 2.05) is 36.4 Å². The molecule has 2 aromatic rings. The van der Waals surface area contributed by atoms with E-state index in [-0.39, 0.29) is 12.3 Å². The zero-order valence-corrected chi connectivity index (χ0v) is 13.9. The number of benzene rings is 1. The molecular weight excluding hydrogens is 300 g/mol. The summed E-state index contributed by atoms with van der Waals surface area (Å²) in [7, 11) is 0. The van der Waals surface area contributed by atoms with E-state index in [1.165, 1.54) is 25.7 Å². The summed E-state index contributed by atoms with van der Waals surface area (Å²) in [6, 6.07) is 13.6. The molecule has 1 heterocycles. The third kappa shape index (κ3) is 4.34. The molecule has 126 valence electrons. The van der Waals surface area contributed by atoms with Crippen LogP contribution in [0.25, 0.3) is 11.1 Å².